The number of carbonyl (C=O) groups excluding carboxylic acids is 1. The third-order valence-corrected chi connectivity index (χ3v) is 3.73. The van der Waals surface area contributed by atoms with E-state index in [0.717, 1.165) is 12.1 Å². The predicted molar refractivity (Wildman–Crippen MR) is 97.6 cm³/mol. The molecular weight excluding hydrogens is 378 g/mol. The Morgan fingerprint density at radius 1 is 1.15 bits per heavy atom. The summed E-state index contributed by atoms with van der Waals surface area (Å²) in [4.78, 5) is 20.3. The molecule has 0 aliphatic rings. The fourth-order valence-corrected chi connectivity index (χ4v) is 2.41. The fraction of sp³-hybridized carbons (Fsp3) is 0.0556. The molecule has 0 aliphatic carbocycles. The van der Waals surface area contributed by atoms with E-state index >= 15 is 0 Å². The number of amides is 1. The van der Waals surface area contributed by atoms with Crippen LogP contribution in [0.15, 0.2) is 48.7 Å². The maximum Gasteiger partial charge on any atom is 0.274 e. The van der Waals surface area contributed by atoms with Gasteiger partial charge in [-0.1, -0.05) is 17.7 Å². The molecule has 0 bridgehead atoms. The van der Waals surface area contributed by atoms with Gasteiger partial charge >= 0.3 is 0 Å². The Hall–Kier alpha value is -3.26. The highest BCUT2D eigenvalue weighted by molar-refractivity contribution is 6.31. The summed E-state index contributed by atoms with van der Waals surface area (Å²) >= 11 is 5.93. The number of aromatic nitrogens is 2. The number of ether oxygens (including phenoxy) is 1. The van der Waals surface area contributed by atoms with E-state index in [9.17, 15) is 13.6 Å². The van der Waals surface area contributed by atoms with Crippen molar-refractivity contribution in [2.45, 2.75) is 0 Å². The molecule has 6 nitrogen and oxygen atoms in total. The van der Waals surface area contributed by atoms with E-state index in [0.29, 0.717) is 16.5 Å². The predicted octanol–water partition coefficient (Wildman–Crippen LogP) is 4.41. The fourth-order valence-electron chi connectivity index (χ4n) is 2.24. The molecule has 0 saturated heterocycles. The Kier molecular flexibility index (Phi) is 5.46. The first-order chi connectivity index (χ1) is 13.0. The number of nitrogens with zero attached hydrogens (tertiary/aromatic N) is 2. The van der Waals surface area contributed by atoms with Crippen LogP contribution in [-0.4, -0.2) is 23.0 Å². The summed E-state index contributed by atoms with van der Waals surface area (Å²) < 4.78 is 32.6. The van der Waals surface area contributed by atoms with Crippen molar-refractivity contribution in [2.75, 3.05) is 17.7 Å². The number of nitrogens with one attached hydrogen (secondary N) is 2. The van der Waals surface area contributed by atoms with Crippen LogP contribution in [0.5, 0.6) is 5.75 Å². The molecule has 2 N–H and O–H groups in total. The molecule has 138 valence electrons. The lowest BCUT2D eigenvalue weighted by Gasteiger charge is -2.11. The lowest BCUT2D eigenvalue weighted by atomic mass is 10.2. The second kappa shape index (κ2) is 7.96. The Morgan fingerprint density at radius 2 is 1.89 bits per heavy atom. The first-order valence-electron chi connectivity index (χ1n) is 7.67. The van der Waals surface area contributed by atoms with Crippen LogP contribution in [0.1, 0.15) is 10.5 Å². The van der Waals surface area contributed by atoms with Crippen molar-refractivity contribution in [1.82, 2.24) is 9.97 Å². The highest BCUT2D eigenvalue weighted by Crippen LogP contribution is 2.28. The molecule has 1 aromatic heterocycles. The first-order valence-corrected chi connectivity index (χ1v) is 8.04. The summed E-state index contributed by atoms with van der Waals surface area (Å²) in [6.45, 7) is 0. The summed E-state index contributed by atoms with van der Waals surface area (Å²) in [5.41, 5.74) is -0.0823. The van der Waals surface area contributed by atoms with Gasteiger partial charge in [0.15, 0.2) is 0 Å². The van der Waals surface area contributed by atoms with Crippen LogP contribution in [0.25, 0.3) is 0 Å². The van der Waals surface area contributed by atoms with Crippen LogP contribution in [-0.2, 0) is 0 Å². The Bertz CT molecular complexity index is 981. The topological polar surface area (TPSA) is 76.1 Å². The van der Waals surface area contributed by atoms with Gasteiger partial charge in [-0.05, 0) is 36.4 Å². The van der Waals surface area contributed by atoms with Crippen molar-refractivity contribution in [2.24, 2.45) is 0 Å². The maximum atomic E-state index is 13.7. The van der Waals surface area contributed by atoms with Crippen molar-refractivity contribution in [1.29, 1.82) is 0 Å². The Morgan fingerprint density at radius 3 is 2.59 bits per heavy atom. The number of para-hydroxylation sites is 1. The van der Waals surface area contributed by atoms with Crippen molar-refractivity contribution >= 4 is 34.8 Å². The largest absolute Gasteiger partial charge is 0.495 e. The lowest BCUT2D eigenvalue weighted by Crippen LogP contribution is -2.15. The van der Waals surface area contributed by atoms with E-state index in [2.05, 4.69) is 20.6 Å². The van der Waals surface area contributed by atoms with Crippen molar-refractivity contribution < 1.29 is 18.3 Å². The summed E-state index contributed by atoms with van der Waals surface area (Å²) in [5, 5.41) is 5.46. The number of anilines is 3. The molecule has 0 aliphatic heterocycles. The average molecular weight is 391 g/mol. The Balaban J connectivity index is 1.83. The van der Waals surface area contributed by atoms with E-state index in [1.54, 1.807) is 12.1 Å². The lowest BCUT2D eigenvalue weighted by molar-refractivity contribution is 0.102. The van der Waals surface area contributed by atoms with E-state index in [-0.39, 0.29) is 11.6 Å². The molecule has 9 heteroatoms. The SMILES string of the molecule is COc1ccc(Cl)cc1NC(=O)c1ccnc(Nc2c(F)cccc2F)n1. The number of methoxy groups -OCH3 is 1. The number of benzene rings is 2. The van der Waals surface area contributed by atoms with Crippen LogP contribution < -0.4 is 15.4 Å². The van der Waals surface area contributed by atoms with Crippen LogP contribution in [0, 0.1) is 11.6 Å². The number of halogens is 3. The van der Waals surface area contributed by atoms with Crippen LogP contribution in [0.4, 0.5) is 26.1 Å². The van der Waals surface area contributed by atoms with E-state index in [1.165, 1.54) is 31.5 Å². The molecule has 0 fully saturated rings. The van der Waals surface area contributed by atoms with Gasteiger partial charge in [-0.2, -0.15) is 0 Å². The number of hydrogen-bond donors (Lipinski definition) is 2. The molecule has 0 atom stereocenters. The molecule has 0 saturated carbocycles. The van der Waals surface area contributed by atoms with Gasteiger partial charge in [0.25, 0.3) is 5.91 Å². The van der Waals surface area contributed by atoms with Gasteiger partial charge in [0.2, 0.25) is 5.95 Å². The number of rotatable bonds is 5. The molecular formula is C18H13ClF2N4O2. The van der Waals surface area contributed by atoms with E-state index < -0.39 is 23.2 Å². The number of carbonyl (C=O) groups is 1. The minimum Gasteiger partial charge on any atom is -0.495 e. The molecule has 1 amide bonds. The van der Waals surface area contributed by atoms with Gasteiger partial charge in [-0.3, -0.25) is 4.79 Å². The standard InChI is InChI=1S/C18H13ClF2N4O2/c1-27-15-6-5-10(19)9-14(15)23-17(26)13-7-8-22-18(24-13)25-16-11(20)3-2-4-12(16)21/h2-9H,1H3,(H,23,26)(H,22,24,25). The minimum absolute atomic E-state index is 0.0220. The van der Waals surface area contributed by atoms with Gasteiger partial charge in [-0.15, -0.1) is 0 Å². The van der Waals surface area contributed by atoms with E-state index in [1.807, 2.05) is 0 Å². The minimum atomic E-state index is -0.808. The zero-order valence-electron chi connectivity index (χ0n) is 14.0. The maximum absolute atomic E-state index is 13.7. The van der Waals surface area contributed by atoms with Gasteiger partial charge in [-0.25, -0.2) is 18.7 Å². The highest BCUT2D eigenvalue weighted by Gasteiger charge is 2.14. The highest BCUT2D eigenvalue weighted by atomic mass is 35.5. The van der Waals surface area contributed by atoms with Gasteiger partial charge in [0, 0.05) is 11.2 Å². The van der Waals surface area contributed by atoms with Gasteiger partial charge in [0.1, 0.15) is 28.8 Å². The second-order valence-corrected chi connectivity index (χ2v) is 5.72. The molecule has 0 radical (unpaired) electrons. The normalized spacial score (nSPS) is 10.4. The molecule has 0 spiro atoms. The summed E-state index contributed by atoms with van der Waals surface area (Å²) in [5.74, 6) is -1.91. The molecule has 1 heterocycles. The molecule has 3 rings (SSSR count). The third kappa shape index (κ3) is 4.29. The third-order valence-electron chi connectivity index (χ3n) is 3.50. The van der Waals surface area contributed by atoms with Crippen LogP contribution in [0.3, 0.4) is 0 Å². The van der Waals surface area contributed by atoms with Gasteiger partial charge < -0.3 is 15.4 Å². The molecule has 27 heavy (non-hydrogen) atoms. The van der Waals surface area contributed by atoms with Crippen molar-refractivity contribution in [3.05, 3.63) is 71.0 Å². The molecule has 2 aromatic carbocycles. The van der Waals surface area contributed by atoms with Crippen LogP contribution >= 0.6 is 11.6 Å². The second-order valence-electron chi connectivity index (χ2n) is 5.29. The smallest absolute Gasteiger partial charge is 0.274 e. The first kappa shape index (κ1) is 18.5. The van der Waals surface area contributed by atoms with Crippen LogP contribution in [0.2, 0.25) is 5.02 Å². The quantitative estimate of drug-likeness (QED) is 0.674. The van der Waals surface area contributed by atoms with Crippen molar-refractivity contribution in [3.8, 4) is 5.75 Å². The van der Waals surface area contributed by atoms with Gasteiger partial charge in [0.05, 0.1) is 12.8 Å². The summed E-state index contributed by atoms with van der Waals surface area (Å²) in [6, 6.07) is 9.51. The van der Waals surface area contributed by atoms with Crippen molar-refractivity contribution in [3.63, 3.8) is 0 Å². The monoisotopic (exact) mass is 390 g/mol. The average Bonchev–Trinajstić information content (AvgIpc) is 2.65. The Labute approximate surface area is 158 Å². The van der Waals surface area contributed by atoms with E-state index in [4.69, 9.17) is 16.3 Å². The molecule has 0 unspecified atom stereocenters. The summed E-state index contributed by atoms with van der Waals surface area (Å²) in [7, 11) is 1.45. The molecule has 3 aromatic rings. The summed E-state index contributed by atoms with van der Waals surface area (Å²) in [6.07, 6.45) is 1.29. The zero-order chi connectivity index (χ0) is 19.4. The number of hydrogen-bond acceptors (Lipinski definition) is 5. The zero-order valence-corrected chi connectivity index (χ0v) is 14.7.